The summed E-state index contributed by atoms with van der Waals surface area (Å²) in [5.74, 6) is -0.996. The molecule has 20 heavy (non-hydrogen) atoms. The van der Waals surface area contributed by atoms with E-state index in [-0.39, 0.29) is 0 Å². The maximum Gasteiger partial charge on any atom is 0.328 e. The zero-order valence-corrected chi connectivity index (χ0v) is 12.0. The molecule has 0 atom stereocenters. The van der Waals surface area contributed by atoms with Crippen LogP contribution in [0.25, 0.3) is 6.08 Å². The van der Waals surface area contributed by atoms with E-state index in [0.29, 0.717) is 5.56 Å². The first-order chi connectivity index (χ1) is 9.58. The zero-order valence-electron chi connectivity index (χ0n) is 12.0. The van der Waals surface area contributed by atoms with Gasteiger partial charge in [-0.25, -0.2) is 4.79 Å². The van der Waals surface area contributed by atoms with Gasteiger partial charge in [-0.1, -0.05) is 25.8 Å². The van der Waals surface area contributed by atoms with Crippen molar-refractivity contribution in [3.05, 3.63) is 35.4 Å². The van der Waals surface area contributed by atoms with Gasteiger partial charge < -0.3 is 10.0 Å². The molecule has 0 amide bonds. The van der Waals surface area contributed by atoms with Crippen molar-refractivity contribution >= 4 is 17.7 Å². The molecule has 0 fully saturated rings. The van der Waals surface area contributed by atoms with Crippen LogP contribution >= 0.6 is 0 Å². The number of hydrogen-bond donors (Lipinski definition) is 1. The third kappa shape index (κ3) is 4.77. The second kappa shape index (κ2) is 8.00. The van der Waals surface area contributed by atoms with Gasteiger partial charge in [0.2, 0.25) is 0 Å². The number of nitrogens with zero attached hydrogens (tertiary/aromatic N) is 2. The number of benzene rings is 1. The number of aliphatic carboxylic acids is 1. The normalized spacial score (nSPS) is 10.4. The number of carbonyl (C=O) groups is 1. The maximum absolute atomic E-state index is 10.5. The van der Waals surface area contributed by atoms with E-state index in [0.717, 1.165) is 36.7 Å². The molecule has 0 unspecified atom stereocenters. The molecule has 0 aliphatic carbocycles. The Bertz CT molecular complexity index is 530. The Morgan fingerprint density at radius 1 is 1.45 bits per heavy atom. The van der Waals surface area contributed by atoms with Crippen LogP contribution in [-0.2, 0) is 4.79 Å². The van der Waals surface area contributed by atoms with E-state index in [1.807, 2.05) is 19.2 Å². The molecule has 0 saturated carbocycles. The Morgan fingerprint density at radius 2 is 2.20 bits per heavy atom. The first kappa shape index (κ1) is 15.8. The monoisotopic (exact) mass is 272 g/mol. The van der Waals surface area contributed by atoms with E-state index < -0.39 is 5.97 Å². The van der Waals surface area contributed by atoms with E-state index in [1.165, 1.54) is 12.5 Å². The Kier molecular flexibility index (Phi) is 6.31. The molecular formula is C16H20N2O2. The van der Waals surface area contributed by atoms with E-state index in [9.17, 15) is 10.1 Å². The van der Waals surface area contributed by atoms with Crippen molar-refractivity contribution in [2.24, 2.45) is 0 Å². The number of anilines is 1. The first-order valence-electron chi connectivity index (χ1n) is 6.74. The van der Waals surface area contributed by atoms with Crippen LogP contribution in [0.15, 0.2) is 24.3 Å². The molecule has 0 aliphatic rings. The molecule has 1 aromatic carbocycles. The lowest BCUT2D eigenvalue weighted by atomic mass is 10.1. The third-order valence-electron chi connectivity index (χ3n) is 3.07. The van der Waals surface area contributed by atoms with Crippen LogP contribution in [0.2, 0.25) is 0 Å². The lowest BCUT2D eigenvalue weighted by Crippen LogP contribution is -2.19. The van der Waals surface area contributed by atoms with Gasteiger partial charge in [-0.05, 0) is 30.2 Å². The SMILES string of the molecule is CCCCCN(C)c1ccc(/C=C/C(=O)O)cc1C#N. The van der Waals surface area contributed by atoms with Crippen molar-refractivity contribution < 1.29 is 9.90 Å². The van der Waals surface area contributed by atoms with Crippen molar-refractivity contribution in [1.82, 2.24) is 0 Å². The summed E-state index contributed by atoms with van der Waals surface area (Å²) < 4.78 is 0. The fraction of sp³-hybridized carbons (Fsp3) is 0.375. The van der Waals surface area contributed by atoms with Gasteiger partial charge in [0.15, 0.2) is 0 Å². The average Bonchev–Trinajstić information content (AvgIpc) is 2.44. The molecule has 0 saturated heterocycles. The summed E-state index contributed by atoms with van der Waals surface area (Å²) in [4.78, 5) is 12.6. The van der Waals surface area contributed by atoms with Crippen molar-refractivity contribution in [1.29, 1.82) is 5.26 Å². The molecule has 4 nitrogen and oxygen atoms in total. The van der Waals surface area contributed by atoms with Crippen LogP contribution < -0.4 is 4.90 Å². The maximum atomic E-state index is 10.5. The van der Waals surface area contributed by atoms with Crippen LogP contribution in [-0.4, -0.2) is 24.7 Å². The number of unbranched alkanes of at least 4 members (excludes halogenated alkanes) is 2. The Hall–Kier alpha value is -2.28. The number of nitriles is 1. The highest BCUT2D eigenvalue weighted by Crippen LogP contribution is 2.21. The van der Waals surface area contributed by atoms with Crippen molar-refractivity contribution in [3.63, 3.8) is 0 Å². The molecule has 106 valence electrons. The van der Waals surface area contributed by atoms with E-state index in [2.05, 4.69) is 17.9 Å². The summed E-state index contributed by atoms with van der Waals surface area (Å²) in [5, 5.41) is 17.8. The van der Waals surface area contributed by atoms with E-state index in [4.69, 9.17) is 5.11 Å². The van der Waals surface area contributed by atoms with Gasteiger partial charge in [0, 0.05) is 19.7 Å². The first-order valence-corrected chi connectivity index (χ1v) is 6.74. The average molecular weight is 272 g/mol. The smallest absolute Gasteiger partial charge is 0.328 e. The van der Waals surface area contributed by atoms with Gasteiger partial charge in [0.05, 0.1) is 11.3 Å². The molecule has 1 aromatic rings. The topological polar surface area (TPSA) is 64.3 Å². The molecule has 4 heteroatoms. The van der Waals surface area contributed by atoms with Crippen LogP contribution in [0.3, 0.4) is 0 Å². The minimum Gasteiger partial charge on any atom is -0.478 e. The van der Waals surface area contributed by atoms with Gasteiger partial charge in [0.1, 0.15) is 6.07 Å². The molecule has 0 radical (unpaired) electrons. The molecule has 0 aromatic heterocycles. The largest absolute Gasteiger partial charge is 0.478 e. The van der Waals surface area contributed by atoms with Gasteiger partial charge in [-0.2, -0.15) is 5.26 Å². The fourth-order valence-electron chi connectivity index (χ4n) is 1.97. The van der Waals surface area contributed by atoms with Crippen molar-refractivity contribution in [2.75, 3.05) is 18.5 Å². The van der Waals surface area contributed by atoms with Crippen LogP contribution in [0, 0.1) is 11.3 Å². The Morgan fingerprint density at radius 3 is 2.80 bits per heavy atom. The van der Waals surface area contributed by atoms with Gasteiger partial charge in [-0.15, -0.1) is 0 Å². The van der Waals surface area contributed by atoms with Gasteiger partial charge in [-0.3, -0.25) is 0 Å². The summed E-state index contributed by atoms with van der Waals surface area (Å²) in [7, 11) is 1.97. The quantitative estimate of drug-likeness (QED) is 0.611. The predicted molar refractivity (Wildman–Crippen MR) is 80.6 cm³/mol. The van der Waals surface area contributed by atoms with Crippen LogP contribution in [0.4, 0.5) is 5.69 Å². The van der Waals surface area contributed by atoms with E-state index in [1.54, 1.807) is 6.07 Å². The molecule has 0 heterocycles. The van der Waals surface area contributed by atoms with Crippen molar-refractivity contribution in [3.8, 4) is 6.07 Å². The summed E-state index contributed by atoms with van der Waals surface area (Å²) in [6.07, 6.45) is 5.99. The minimum atomic E-state index is -0.996. The highest BCUT2D eigenvalue weighted by molar-refractivity contribution is 5.85. The molecular weight excluding hydrogens is 252 g/mol. The lowest BCUT2D eigenvalue weighted by molar-refractivity contribution is -0.131. The number of carboxylic acids is 1. The summed E-state index contributed by atoms with van der Waals surface area (Å²) in [5.41, 5.74) is 2.17. The van der Waals surface area contributed by atoms with Crippen LogP contribution in [0.1, 0.15) is 37.3 Å². The summed E-state index contributed by atoms with van der Waals surface area (Å²) >= 11 is 0. The van der Waals surface area contributed by atoms with Gasteiger partial charge in [0.25, 0.3) is 0 Å². The number of hydrogen-bond acceptors (Lipinski definition) is 3. The molecule has 1 rings (SSSR count). The minimum absolute atomic E-state index is 0.566. The predicted octanol–water partition coefficient (Wildman–Crippen LogP) is 3.28. The lowest BCUT2D eigenvalue weighted by Gasteiger charge is -2.20. The highest BCUT2D eigenvalue weighted by Gasteiger charge is 2.07. The molecule has 0 aliphatic heterocycles. The third-order valence-corrected chi connectivity index (χ3v) is 3.07. The second-order valence-corrected chi connectivity index (χ2v) is 4.69. The molecule has 0 bridgehead atoms. The zero-order chi connectivity index (χ0) is 15.0. The molecule has 1 N–H and O–H groups in total. The highest BCUT2D eigenvalue weighted by atomic mass is 16.4. The number of carboxylic acid groups (broad SMARTS) is 1. The van der Waals surface area contributed by atoms with Crippen LogP contribution in [0.5, 0.6) is 0 Å². The summed E-state index contributed by atoms with van der Waals surface area (Å²) in [6, 6.07) is 7.58. The summed E-state index contributed by atoms with van der Waals surface area (Å²) in [6.45, 7) is 3.07. The second-order valence-electron chi connectivity index (χ2n) is 4.69. The van der Waals surface area contributed by atoms with Crippen molar-refractivity contribution in [2.45, 2.75) is 26.2 Å². The number of rotatable bonds is 7. The Labute approximate surface area is 119 Å². The standard InChI is InChI=1S/C16H20N2O2/c1-3-4-5-10-18(2)15-8-6-13(7-9-16(19)20)11-14(15)12-17/h6-9,11H,3-5,10H2,1-2H3,(H,19,20)/b9-7+. The molecule has 0 spiro atoms. The fourth-order valence-corrected chi connectivity index (χ4v) is 1.97. The van der Waals surface area contributed by atoms with E-state index >= 15 is 0 Å². The Balaban J connectivity index is 2.88. The van der Waals surface area contributed by atoms with Gasteiger partial charge >= 0.3 is 5.97 Å².